The Hall–Kier alpha value is -2.69. The second kappa shape index (κ2) is 12.3. The smallest absolute Gasteiger partial charge is 0.266 e. The van der Waals surface area contributed by atoms with Gasteiger partial charge in [0.2, 0.25) is 0 Å². The van der Waals surface area contributed by atoms with Gasteiger partial charge in [0.05, 0.1) is 16.7 Å². The van der Waals surface area contributed by atoms with Gasteiger partial charge in [-0.15, -0.1) is 0 Å². The molecule has 1 amide bonds. The molecule has 0 spiro atoms. The highest BCUT2D eigenvalue weighted by Gasteiger charge is 2.15. The summed E-state index contributed by atoms with van der Waals surface area (Å²) in [4.78, 5) is 12.8. The number of nitrogens with one attached hydrogen (secondary N) is 1. The van der Waals surface area contributed by atoms with Crippen molar-refractivity contribution in [3.05, 3.63) is 90.3 Å². The molecule has 0 saturated carbocycles. The van der Waals surface area contributed by atoms with E-state index in [9.17, 15) is 10.1 Å². The van der Waals surface area contributed by atoms with Gasteiger partial charge in [0, 0.05) is 15.2 Å². The fourth-order valence-corrected chi connectivity index (χ4v) is 3.99. The number of anilines is 1. The molecule has 0 fully saturated rings. The predicted molar refractivity (Wildman–Crippen MR) is 145 cm³/mol. The van der Waals surface area contributed by atoms with Crippen molar-refractivity contribution in [3.8, 4) is 17.6 Å². The van der Waals surface area contributed by atoms with Gasteiger partial charge in [-0.05, 0) is 73.0 Å². The number of carbonyl (C=O) groups excluding carboxylic acids is 1. The average molecular weight is 595 g/mol. The summed E-state index contributed by atoms with van der Waals surface area (Å²) in [6.07, 6.45) is 1.48. The molecule has 1 N–H and O–H groups in total. The van der Waals surface area contributed by atoms with Crippen LogP contribution in [0.3, 0.4) is 0 Å². The molecule has 3 rings (SSSR count). The van der Waals surface area contributed by atoms with Crippen LogP contribution < -0.4 is 14.8 Å². The molecule has 0 aliphatic heterocycles. The maximum Gasteiger partial charge on any atom is 0.266 e. The third-order valence-electron chi connectivity index (χ3n) is 4.85. The molecule has 3 aromatic carbocycles. The number of amides is 1. The lowest BCUT2D eigenvalue weighted by atomic mass is 10.1. The van der Waals surface area contributed by atoms with Gasteiger partial charge < -0.3 is 14.8 Å². The summed E-state index contributed by atoms with van der Waals surface area (Å²) in [5.74, 6) is 0.396. The maximum atomic E-state index is 12.8. The lowest BCUT2D eigenvalue weighted by Gasteiger charge is -2.15. The fraction of sp³-hybridized carbons (Fsp3) is 0.154. The molecule has 9 heteroatoms. The van der Waals surface area contributed by atoms with E-state index in [2.05, 4.69) is 21.2 Å². The monoisotopic (exact) mass is 592 g/mol. The second-order valence-corrected chi connectivity index (χ2v) is 9.48. The first-order valence-corrected chi connectivity index (χ1v) is 12.4. The van der Waals surface area contributed by atoms with Crippen LogP contribution in [0.25, 0.3) is 6.08 Å². The zero-order valence-electron chi connectivity index (χ0n) is 18.8. The molecule has 0 atom stereocenters. The number of benzene rings is 3. The normalized spacial score (nSPS) is 11.1. The summed E-state index contributed by atoms with van der Waals surface area (Å²) in [5.41, 5.74) is 2.68. The Morgan fingerprint density at radius 3 is 2.49 bits per heavy atom. The molecule has 0 heterocycles. The molecular formula is C26H20BrCl3N2O3. The molecule has 0 aliphatic carbocycles. The van der Waals surface area contributed by atoms with E-state index in [1.165, 1.54) is 6.08 Å². The first kappa shape index (κ1) is 26.9. The summed E-state index contributed by atoms with van der Waals surface area (Å²) in [6, 6.07) is 15.8. The number of nitriles is 1. The van der Waals surface area contributed by atoms with E-state index in [0.29, 0.717) is 48.9 Å². The average Bonchev–Trinajstić information content (AvgIpc) is 2.82. The van der Waals surface area contributed by atoms with Gasteiger partial charge >= 0.3 is 0 Å². The number of hydrogen-bond acceptors (Lipinski definition) is 4. The lowest BCUT2D eigenvalue weighted by molar-refractivity contribution is -0.112. The molecule has 35 heavy (non-hydrogen) atoms. The third-order valence-corrected chi connectivity index (χ3v) is 6.51. The quantitative estimate of drug-likeness (QED) is 0.211. The van der Waals surface area contributed by atoms with E-state index in [1.54, 1.807) is 42.5 Å². The summed E-state index contributed by atoms with van der Waals surface area (Å²) in [5, 5.41) is 13.8. The van der Waals surface area contributed by atoms with Gasteiger partial charge in [0.1, 0.15) is 18.2 Å². The van der Waals surface area contributed by atoms with Crippen LogP contribution in [-0.2, 0) is 11.4 Å². The number of halogens is 4. The van der Waals surface area contributed by atoms with Crippen LogP contribution in [0.5, 0.6) is 11.5 Å². The molecule has 0 unspecified atom stereocenters. The van der Waals surface area contributed by atoms with E-state index < -0.39 is 5.91 Å². The van der Waals surface area contributed by atoms with Crippen molar-refractivity contribution >= 4 is 68.4 Å². The van der Waals surface area contributed by atoms with Crippen molar-refractivity contribution in [2.75, 3.05) is 11.9 Å². The van der Waals surface area contributed by atoms with Crippen molar-refractivity contribution in [2.24, 2.45) is 0 Å². The Kier molecular flexibility index (Phi) is 9.47. The van der Waals surface area contributed by atoms with E-state index >= 15 is 0 Å². The van der Waals surface area contributed by atoms with Gasteiger partial charge in [-0.2, -0.15) is 5.26 Å². The van der Waals surface area contributed by atoms with Gasteiger partial charge in [-0.1, -0.05) is 62.9 Å². The van der Waals surface area contributed by atoms with Gasteiger partial charge in [-0.3, -0.25) is 4.79 Å². The third kappa shape index (κ3) is 7.16. The summed E-state index contributed by atoms with van der Waals surface area (Å²) < 4.78 is 12.3. The van der Waals surface area contributed by atoms with E-state index in [0.717, 1.165) is 11.1 Å². The largest absolute Gasteiger partial charge is 0.490 e. The Labute approximate surface area is 227 Å². The molecular weight excluding hydrogens is 575 g/mol. The van der Waals surface area contributed by atoms with Crippen molar-refractivity contribution in [1.82, 2.24) is 0 Å². The van der Waals surface area contributed by atoms with Gasteiger partial charge in [-0.25, -0.2) is 0 Å². The van der Waals surface area contributed by atoms with Crippen LogP contribution in [-0.4, -0.2) is 12.5 Å². The van der Waals surface area contributed by atoms with Crippen LogP contribution in [0.4, 0.5) is 5.69 Å². The Morgan fingerprint density at radius 2 is 1.80 bits per heavy atom. The molecule has 3 aromatic rings. The molecule has 0 bridgehead atoms. The Morgan fingerprint density at radius 1 is 1.06 bits per heavy atom. The zero-order valence-corrected chi connectivity index (χ0v) is 22.6. The van der Waals surface area contributed by atoms with Crippen LogP contribution in [0.2, 0.25) is 15.1 Å². The highest BCUT2D eigenvalue weighted by molar-refractivity contribution is 9.10. The highest BCUT2D eigenvalue weighted by Crippen LogP contribution is 2.36. The Bertz CT molecular complexity index is 1340. The lowest BCUT2D eigenvalue weighted by Crippen LogP contribution is -2.14. The number of carbonyl (C=O) groups is 1. The van der Waals surface area contributed by atoms with Crippen molar-refractivity contribution in [1.29, 1.82) is 5.26 Å². The van der Waals surface area contributed by atoms with Crippen LogP contribution >= 0.6 is 50.7 Å². The standard InChI is InChI=1S/C26H20BrCl3N2O3/c1-3-34-24-10-17(9-18(13-31)26(33)32-23-11-19(28)6-4-15(23)2)20(27)12-25(24)35-14-16-5-7-21(29)22(30)8-16/h4-12H,3,14H2,1-2H3,(H,32,33)/b18-9+. The topological polar surface area (TPSA) is 71.3 Å². The number of nitrogens with zero attached hydrogens (tertiary/aromatic N) is 1. The molecule has 0 aromatic heterocycles. The predicted octanol–water partition coefficient (Wildman–Crippen LogP) is 8.24. The van der Waals surface area contributed by atoms with Crippen molar-refractivity contribution < 1.29 is 14.3 Å². The fourth-order valence-electron chi connectivity index (χ4n) is 3.06. The molecule has 0 radical (unpaired) electrons. The maximum absolute atomic E-state index is 12.8. The van der Waals surface area contributed by atoms with E-state index in [-0.39, 0.29) is 12.2 Å². The first-order chi connectivity index (χ1) is 16.7. The second-order valence-electron chi connectivity index (χ2n) is 7.37. The zero-order chi connectivity index (χ0) is 25.5. The van der Waals surface area contributed by atoms with Crippen LogP contribution in [0, 0.1) is 18.3 Å². The summed E-state index contributed by atoms with van der Waals surface area (Å²) in [7, 11) is 0. The molecule has 180 valence electrons. The minimum atomic E-state index is -0.553. The molecule has 0 saturated heterocycles. The van der Waals surface area contributed by atoms with Crippen molar-refractivity contribution in [2.45, 2.75) is 20.5 Å². The van der Waals surface area contributed by atoms with Crippen LogP contribution in [0.1, 0.15) is 23.6 Å². The number of aryl methyl sites for hydroxylation is 1. The van der Waals surface area contributed by atoms with Crippen molar-refractivity contribution in [3.63, 3.8) is 0 Å². The minimum absolute atomic E-state index is 0.0861. The Balaban J connectivity index is 1.86. The highest BCUT2D eigenvalue weighted by atomic mass is 79.9. The number of hydrogen-bond donors (Lipinski definition) is 1. The first-order valence-electron chi connectivity index (χ1n) is 10.4. The number of ether oxygens (including phenoxy) is 2. The molecule has 5 nitrogen and oxygen atoms in total. The summed E-state index contributed by atoms with van der Waals surface area (Å²) >= 11 is 21.6. The SMILES string of the molecule is CCOc1cc(/C=C(\C#N)C(=O)Nc2cc(Cl)ccc2C)c(Br)cc1OCc1ccc(Cl)c(Cl)c1. The van der Waals surface area contributed by atoms with E-state index in [4.69, 9.17) is 44.3 Å². The van der Waals surface area contributed by atoms with Gasteiger partial charge in [0.15, 0.2) is 11.5 Å². The summed E-state index contributed by atoms with van der Waals surface area (Å²) in [6.45, 7) is 4.32. The molecule has 0 aliphatic rings. The minimum Gasteiger partial charge on any atom is -0.490 e. The van der Waals surface area contributed by atoms with E-state index in [1.807, 2.05) is 26.0 Å². The van der Waals surface area contributed by atoms with Crippen LogP contribution in [0.15, 0.2) is 58.6 Å². The number of rotatable bonds is 8. The van der Waals surface area contributed by atoms with Gasteiger partial charge in [0.25, 0.3) is 5.91 Å².